The summed E-state index contributed by atoms with van der Waals surface area (Å²) in [4.78, 5) is 38.3. The lowest BCUT2D eigenvalue weighted by Gasteiger charge is -2.13. The number of carbonyl (C=O) groups is 2. The monoisotopic (exact) mass is 414 g/mol. The third kappa shape index (κ3) is 3.59. The smallest absolute Gasteiger partial charge is 0.324 e. The molecule has 10 heteroatoms. The number of thioether (sulfide) groups is 1. The molecule has 0 bridgehead atoms. The lowest BCUT2D eigenvalue weighted by molar-refractivity contribution is -0.124. The molecule has 3 heterocycles. The number of benzene rings is 1. The Morgan fingerprint density at radius 2 is 2.03 bits per heavy atom. The van der Waals surface area contributed by atoms with E-state index in [4.69, 9.17) is 0 Å². The Hall–Kier alpha value is -2.88. The van der Waals surface area contributed by atoms with E-state index in [9.17, 15) is 14.4 Å². The second kappa shape index (κ2) is 7.86. The Morgan fingerprint density at radius 1 is 1.24 bits per heavy atom. The van der Waals surface area contributed by atoms with Crippen molar-refractivity contribution in [1.82, 2.24) is 29.4 Å². The molecule has 1 aliphatic heterocycles. The summed E-state index contributed by atoms with van der Waals surface area (Å²) in [5.74, 6) is 0.685. The van der Waals surface area contributed by atoms with E-state index >= 15 is 0 Å². The second-order valence-corrected chi connectivity index (χ2v) is 8.28. The molecule has 1 aliphatic rings. The normalized spacial score (nSPS) is 14.3. The van der Waals surface area contributed by atoms with Crippen LogP contribution in [0, 0.1) is 5.92 Å². The Balaban J connectivity index is 1.73. The number of hydrogen-bond acceptors (Lipinski definition) is 6. The zero-order chi connectivity index (χ0) is 20.5. The highest BCUT2D eigenvalue weighted by Crippen LogP contribution is 2.22. The van der Waals surface area contributed by atoms with Crippen molar-refractivity contribution in [3.63, 3.8) is 0 Å². The summed E-state index contributed by atoms with van der Waals surface area (Å²) in [6, 6.07) is 6.95. The van der Waals surface area contributed by atoms with Gasteiger partial charge in [-0.1, -0.05) is 37.7 Å². The van der Waals surface area contributed by atoms with E-state index in [1.165, 1.54) is 16.7 Å². The van der Waals surface area contributed by atoms with Crippen LogP contribution in [-0.4, -0.2) is 54.8 Å². The Morgan fingerprint density at radius 3 is 2.76 bits per heavy atom. The quantitative estimate of drug-likeness (QED) is 0.617. The van der Waals surface area contributed by atoms with Gasteiger partial charge in [0.1, 0.15) is 0 Å². The standard InChI is InChI=1S/C19H22N6O3S/c1-12(2)7-9-24-16(27)13-5-3-4-6-14(13)25-17(24)21-22-19(25)29-11-15(26)23-10-8-20-18(23)28/h3-6,12H,7-11H2,1-2H3,(H,20,28). The molecular weight excluding hydrogens is 392 g/mol. The van der Waals surface area contributed by atoms with E-state index in [0.717, 1.165) is 6.42 Å². The number of imide groups is 1. The number of amides is 3. The van der Waals surface area contributed by atoms with E-state index < -0.39 is 0 Å². The Kier molecular flexibility index (Phi) is 5.27. The summed E-state index contributed by atoms with van der Waals surface area (Å²) >= 11 is 1.21. The van der Waals surface area contributed by atoms with E-state index in [1.54, 1.807) is 10.6 Å². The topological polar surface area (TPSA) is 102 Å². The average Bonchev–Trinajstić information content (AvgIpc) is 3.32. The van der Waals surface area contributed by atoms with Crippen molar-refractivity contribution in [2.45, 2.75) is 32.0 Å². The molecule has 1 fully saturated rings. The number of urea groups is 1. The van der Waals surface area contributed by atoms with Crippen LogP contribution in [0.15, 0.2) is 34.2 Å². The zero-order valence-electron chi connectivity index (χ0n) is 16.3. The maximum absolute atomic E-state index is 13.0. The summed E-state index contributed by atoms with van der Waals surface area (Å²) in [6.07, 6.45) is 0.839. The number of fused-ring (bicyclic) bond motifs is 3. The summed E-state index contributed by atoms with van der Waals surface area (Å²) < 4.78 is 3.47. The van der Waals surface area contributed by atoms with Gasteiger partial charge in [0.2, 0.25) is 11.7 Å². The molecule has 4 rings (SSSR count). The number of nitrogens with zero attached hydrogens (tertiary/aromatic N) is 5. The number of aromatic nitrogens is 4. The van der Waals surface area contributed by atoms with Crippen molar-refractivity contribution in [2.75, 3.05) is 18.8 Å². The fourth-order valence-electron chi connectivity index (χ4n) is 3.33. The molecule has 1 saturated heterocycles. The van der Waals surface area contributed by atoms with Gasteiger partial charge >= 0.3 is 6.03 Å². The van der Waals surface area contributed by atoms with Crippen LogP contribution in [0.2, 0.25) is 0 Å². The van der Waals surface area contributed by atoms with E-state index in [1.807, 2.05) is 22.6 Å². The van der Waals surface area contributed by atoms with Crippen LogP contribution in [0.5, 0.6) is 0 Å². The van der Waals surface area contributed by atoms with Crippen molar-refractivity contribution in [1.29, 1.82) is 0 Å². The number of aryl methyl sites for hydroxylation is 1. The third-order valence-electron chi connectivity index (χ3n) is 4.89. The molecule has 3 amide bonds. The Labute approximate surface area is 171 Å². The van der Waals surface area contributed by atoms with Gasteiger partial charge in [-0.2, -0.15) is 0 Å². The lowest BCUT2D eigenvalue weighted by atomic mass is 10.1. The number of nitrogens with one attached hydrogen (secondary N) is 1. The SMILES string of the molecule is CC(C)CCn1c(=O)c2ccccc2n2c(SCC(=O)N3CCNC3=O)nnc12. The summed E-state index contributed by atoms with van der Waals surface area (Å²) in [7, 11) is 0. The first-order valence-electron chi connectivity index (χ1n) is 9.55. The van der Waals surface area contributed by atoms with Crippen LogP contribution in [0.25, 0.3) is 16.7 Å². The van der Waals surface area contributed by atoms with Gasteiger partial charge in [0.25, 0.3) is 5.56 Å². The van der Waals surface area contributed by atoms with Gasteiger partial charge in [-0.25, -0.2) is 4.79 Å². The van der Waals surface area contributed by atoms with Crippen LogP contribution in [0.1, 0.15) is 20.3 Å². The third-order valence-corrected chi connectivity index (χ3v) is 5.80. The number of para-hydroxylation sites is 1. The highest BCUT2D eigenvalue weighted by molar-refractivity contribution is 7.99. The predicted octanol–water partition coefficient (Wildman–Crippen LogP) is 1.73. The van der Waals surface area contributed by atoms with Gasteiger partial charge in [0.15, 0.2) is 5.16 Å². The minimum absolute atomic E-state index is 0.0632. The molecule has 2 aromatic heterocycles. The molecule has 0 spiro atoms. The van der Waals surface area contributed by atoms with Gasteiger partial charge < -0.3 is 5.32 Å². The molecule has 0 unspecified atom stereocenters. The van der Waals surface area contributed by atoms with Crippen molar-refractivity contribution < 1.29 is 9.59 Å². The molecule has 152 valence electrons. The highest BCUT2D eigenvalue weighted by Gasteiger charge is 2.26. The van der Waals surface area contributed by atoms with E-state index in [-0.39, 0.29) is 23.3 Å². The van der Waals surface area contributed by atoms with Gasteiger partial charge in [0.05, 0.1) is 16.7 Å². The number of rotatable bonds is 6. The lowest BCUT2D eigenvalue weighted by Crippen LogP contribution is -2.35. The molecular formula is C19H22N6O3S. The van der Waals surface area contributed by atoms with Crippen molar-refractivity contribution in [3.8, 4) is 0 Å². The van der Waals surface area contributed by atoms with Crippen molar-refractivity contribution in [3.05, 3.63) is 34.6 Å². The summed E-state index contributed by atoms with van der Waals surface area (Å²) in [5.41, 5.74) is 0.606. The maximum atomic E-state index is 13.0. The molecule has 0 aliphatic carbocycles. The molecule has 0 saturated carbocycles. The molecule has 3 aromatic rings. The van der Waals surface area contributed by atoms with Crippen LogP contribution in [0.4, 0.5) is 4.79 Å². The largest absolute Gasteiger partial charge is 0.336 e. The van der Waals surface area contributed by atoms with Crippen molar-refractivity contribution in [2.24, 2.45) is 5.92 Å². The Bertz CT molecular complexity index is 1150. The fraction of sp³-hybridized carbons (Fsp3) is 0.421. The molecule has 0 atom stereocenters. The first-order valence-corrected chi connectivity index (χ1v) is 10.5. The number of carbonyl (C=O) groups excluding carboxylic acids is 2. The first-order chi connectivity index (χ1) is 14.0. The van der Waals surface area contributed by atoms with Gasteiger partial charge in [-0.15, -0.1) is 10.2 Å². The summed E-state index contributed by atoms with van der Waals surface area (Å²) in [6.45, 7) is 5.59. The predicted molar refractivity (Wildman–Crippen MR) is 110 cm³/mol. The minimum atomic E-state index is -0.366. The van der Waals surface area contributed by atoms with Crippen LogP contribution in [-0.2, 0) is 11.3 Å². The first kappa shape index (κ1) is 19.4. The van der Waals surface area contributed by atoms with E-state index in [0.29, 0.717) is 47.4 Å². The highest BCUT2D eigenvalue weighted by atomic mass is 32.2. The molecule has 1 aromatic carbocycles. The minimum Gasteiger partial charge on any atom is -0.336 e. The van der Waals surface area contributed by atoms with Crippen molar-refractivity contribution >= 4 is 40.4 Å². The molecule has 29 heavy (non-hydrogen) atoms. The fourth-order valence-corrected chi connectivity index (χ4v) is 4.15. The van der Waals surface area contributed by atoms with Crippen LogP contribution < -0.4 is 10.9 Å². The van der Waals surface area contributed by atoms with Gasteiger partial charge in [-0.3, -0.25) is 23.5 Å². The molecule has 1 N–H and O–H groups in total. The zero-order valence-corrected chi connectivity index (χ0v) is 17.1. The summed E-state index contributed by atoms with van der Waals surface area (Å²) in [5, 5.41) is 12.2. The number of hydrogen-bond donors (Lipinski definition) is 1. The van der Waals surface area contributed by atoms with Gasteiger partial charge in [0, 0.05) is 19.6 Å². The second-order valence-electron chi connectivity index (χ2n) is 7.34. The maximum Gasteiger partial charge on any atom is 0.324 e. The van der Waals surface area contributed by atoms with Crippen LogP contribution in [0.3, 0.4) is 0 Å². The average molecular weight is 414 g/mol. The van der Waals surface area contributed by atoms with Crippen LogP contribution >= 0.6 is 11.8 Å². The van der Waals surface area contributed by atoms with E-state index in [2.05, 4.69) is 29.4 Å². The molecule has 0 radical (unpaired) electrons. The van der Waals surface area contributed by atoms with Gasteiger partial charge in [-0.05, 0) is 24.5 Å². The molecule has 9 nitrogen and oxygen atoms in total.